The maximum atomic E-state index is 10.9. The van der Waals surface area contributed by atoms with Gasteiger partial charge in [-0.2, -0.15) is 0 Å². The molecule has 0 amide bonds. The quantitative estimate of drug-likeness (QED) is 0.365. The average molecular weight is 512 g/mol. The van der Waals surface area contributed by atoms with Crippen LogP contribution in [0.5, 0.6) is 0 Å². The minimum atomic E-state index is -1.23. The van der Waals surface area contributed by atoms with E-state index in [9.17, 15) is 29.7 Å². The fraction of sp³-hybridized carbons (Fsp3) is 0.786. The van der Waals surface area contributed by atoms with Crippen molar-refractivity contribution < 1.29 is 66.6 Å². The molecule has 0 aromatic heterocycles. The van der Waals surface area contributed by atoms with Crippen LogP contribution in [0, 0.1) is 36.9 Å². The zero-order chi connectivity index (χ0) is 17.9. The van der Waals surface area contributed by atoms with Gasteiger partial charge in [-0.25, -0.2) is 0 Å². The summed E-state index contributed by atoms with van der Waals surface area (Å²) in [6.45, 7) is 2.65. The van der Waals surface area contributed by atoms with E-state index in [1.807, 2.05) is 0 Å². The molecule has 1 fully saturated rings. The second-order valence-electron chi connectivity index (χ2n) is 5.69. The number of hydrogen-bond acceptors (Lipinski definition) is 10. The molecule has 0 unspecified atom stereocenters. The van der Waals surface area contributed by atoms with Crippen molar-refractivity contribution in [2.75, 3.05) is 72.0 Å². The van der Waals surface area contributed by atoms with Gasteiger partial charge in [0.15, 0.2) is 0 Å². The van der Waals surface area contributed by atoms with Gasteiger partial charge in [0.05, 0.1) is 17.9 Å². The van der Waals surface area contributed by atoms with Gasteiger partial charge >= 0.3 is 36.9 Å². The van der Waals surface area contributed by atoms with Gasteiger partial charge in [0.1, 0.15) is 0 Å². The summed E-state index contributed by atoms with van der Waals surface area (Å²) in [7, 11) is 0. The first-order chi connectivity index (χ1) is 11.4. The molecule has 0 aromatic rings. The summed E-state index contributed by atoms with van der Waals surface area (Å²) in [5, 5.41) is 35.6. The Hall–Kier alpha value is -0.516. The predicted molar refractivity (Wildman–Crippen MR) is 77.2 cm³/mol. The van der Waals surface area contributed by atoms with Crippen molar-refractivity contribution in [1.29, 1.82) is 0 Å². The minimum absolute atomic E-state index is 0. The van der Waals surface area contributed by atoms with E-state index in [2.05, 4.69) is 5.32 Å². The van der Waals surface area contributed by atoms with E-state index in [4.69, 9.17) is 0 Å². The smallest absolute Gasteiger partial charge is 0.549 e. The summed E-state index contributed by atoms with van der Waals surface area (Å²) in [5.74, 6) is -3.61. The fourth-order valence-corrected chi connectivity index (χ4v) is 2.52. The topological polar surface area (TPSA) is 142 Å². The first-order valence-corrected chi connectivity index (χ1v) is 7.84. The SMILES string of the molecule is O=C([O-])CN1CCNCCN(CC(=O)[O-])CCN(CC(=O)[O-])CC1.[Tm+3]. The molecule has 0 radical (unpaired) electrons. The van der Waals surface area contributed by atoms with Gasteiger partial charge in [0.2, 0.25) is 0 Å². The number of nitrogens with one attached hydrogen (secondary N) is 1. The molecule has 0 saturated carbocycles. The number of carbonyl (C=O) groups excluding carboxylic acids is 3. The summed E-state index contributed by atoms with van der Waals surface area (Å²) in [4.78, 5) is 37.4. The van der Waals surface area contributed by atoms with Crippen LogP contribution < -0.4 is 20.6 Å². The summed E-state index contributed by atoms with van der Waals surface area (Å²) >= 11 is 0. The Labute approximate surface area is 175 Å². The third-order valence-electron chi connectivity index (χ3n) is 3.73. The van der Waals surface area contributed by atoms with Crippen molar-refractivity contribution >= 4 is 17.9 Å². The second kappa shape index (κ2) is 13.7. The van der Waals surface area contributed by atoms with E-state index in [1.54, 1.807) is 14.7 Å². The van der Waals surface area contributed by atoms with Crippen molar-refractivity contribution in [2.24, 2.45) is 0 Å². The van der Waals surface area contributed by atoms with Gasteiger partial charge in [0.25, 0.3) is 0 Å². The largest absolute Gasteiger partial charge is 3.00 e. The number of aliphatic carboxylic acids is 3. The van der Waals surface area contributed by atoms with E-state index in [0.29, 0.717) is 52.4 Å². The van der Waals surface area contributed by atoms with Gasteiger partial charge in [-0.1, -0.05) is 0 Å². The molecule has 1 aliphatic rings. The van der Waals surface area contributed by atoms with Crippen LogP contribution >= 0.6 is 0 Å². The van der Waals surface area contributed by atoms with Crippen LogP contribution in [0.2, 0.25) is 0 Å². The van der Waals surface area contributed by atoms with E-state index in [0.717, 1.165) is 0 Å². The molecule has 25 heavy (non-hydrogen) atoms. The Balaban J connectivity index is 0.00000576. The molecular formula is C14H23N4O6Tm. The maximum absolute atomic E-state index is 10.9. The van der Waals surface area contributed by atoms with Crippen molar-refractivity contribution in [1.82, 2.24) is 20.0 Å². The molecular weight excluding hydrogens is 489 g/mol. The number of carbonyl (C=O) groups is 3. The Kier molecular flexibility index (Phi) is 13.4. The van der Waals surface area contributed by atoms with Gasteiger partial charge in [-0.3, -0.25) is 14.7 Å². The molecule has 0 aliphatic carbocycles. The molecule has 1 saturated heterocycles. The molecule has 0 bridgehead atoms. The second-order valence-corrected chi connectivity index (χ2v) is 5.69. The van der Waals surface area contributed by atoms with Crippen molar-refractivity contribution in [3.8, 4) is 0 Å². The van der Waals surface area contributed by atoms with Crippen molar-refractivity contribution in [3.63, 3.8) is 0 Å². The normalized spacial score (nSPS) is 19.2. The standard InChI is InChI=1S/C14H26N4O6.Tm/c19-12(20)9-16-3-1-15-2-4-17(10-13(21)22)6-8-18(7-5-16)11-14(23)24;/h15H,1-11H2,(H,19,20)(H,21,22)(H,23,24);/q;+3/p-3. The third-order valence-corrected chi connectivity index (χ3v) is 3.73. The van der Waals surface area contributed by atoms with E-state index >= 15 is 0 Å². The van der Waals surface area contributed by atoms with Crippen LogP contribution in [0.1, 0.15) is 0 Å². The molecule has 1 rings (SSSR count). The summed E-state index contributed by atoms with van der Waals surface area (Å²) in [5.41, 5.74) is 0. The molecule has 148 valence electrons. The Morgan fingerprint density at radius 1 is 0.640 bits per heavy atom. The van der Waals surface area contributed by atoms with Crippen LogP contribution in [0.3, 0.4) is 0 Å². The Morgan fingerprint density at radius 2 is 0.920 bits per heavy atom. The zero-order valence-corrected chi connectivity index (χ0v) is 15.6. The minimum Gasteiger partial charge on any atom is -0.549 e. The number of hydrogen-bond donors (Lipinski definition) is 1. The number of nitrogens with zero attached hydrogens (tertiary/aromatic N) is 3. The van der Waals surface area contributed by atoms with Crippen molar-refractivity contribution in [3.05, 3.63) is 0 Å². The van der Waals surface area contributed by atoms with Crippen LogP contribution in [0.4, 0.5) is 0 Å². The summed E-state index contributed by atoms with van der Waals surface area (Å²) in [6.07, 6.45) is 0. The molecule has 1 heterocycles. The molecule has 0 aromatic carbocycles. The number of carboxylic acids is 3. The van der Waals surface area contributed by atoms with Gasteiger partial charge in [0, 0.05) is 72.0 Å². The maximum Gasteiger partial charge on any atom is 3.00 e. The predicted octanol–water partition coefficient (Wildman–Crippen LogP) is -6.25. The summed E-state index contributed by atoms with van der Waals surface area (Å²) < 4.78 is 0. The van der Waals surface area contributed by atoms with Crippen LogP contribution in [-0.4, -0.2) is 105 Å². The monoisotopic (exact) mass is 512 g/mol. The van der Waals surface area contributed by atoms with Gasteiger partial charge < -0.3 is 35.0 Å². The first-order valence-electron chi connectivity index (χ1n) is 7.84. The molecule has 1 N–H and O–H groups in total. The molecule has 10 nitrogen and oxygen atoms in total. The average Bonchev–Trinajstić information content (AvgIpc) is 2.45. The van der Waals surface area contributed by atoms with Gasteiger partial charge in [-0.15, -0.1) is 0 Å². The van der Waals surface area contributed by atoms with Gasteiger partial charge in [-0.05, 0) is 0 Å². The molecule has 0 atom stereocenters. The van der Waals surface area contributed by atoms with Crippen LogP contribution in [-0.2, 0) is 14.4 Å². The van der Waals surface area contributed by atoms with Crippen molar-refractivity contribution in [2.45, 2.75) is 0 Å². The number of carboxylic acid groups (broad SMARTS) is 3. The van der Waals surface area contributed by atoms with E-state index in [-0.39, 0.29) is 56.5 Å². The number of rotatable bonds is 6. The first kappa shape index (κ1) is 24.5. The molecule has 11 heteroatoms. The Bertz CT molecular complexity index is 410. The Morgan fingerprint density at radius 3 is 1.20 bits per heavy atom. The van der Waals surface area contributed by atoms with Crippen LogP contribution in [0.15, 0.2) is 0 Å². The fourth-order valence-electron chi connectivity index (χ4n) is 2.52. The summed E-state index contributed by atoms with van der Waals surface area (Å²) in [6, 6.07) is 0. The van der Waals surface area contributed by atoms with E-state index < -0.39 is 17.9 Å². The third kappa shape index (κ3) is 12.5. The van der Waals surface area contributed by atoms with Crippen LogP contribution in [0.25, 0.3) is 0 Å². The molecule has 1 aliphatic heterocycles. The zero-order valence-electron chi connectivity index (χ0n) is 13.8. The van der Waals surface area contributed by atoms with E-state index in [1.165, 1.54) is 0 Å². The molecule has 0 spiro atoms.